The van der Waals surface area contributed by atoms with E-state index in [2.05, 4.69) is 31.9 Å². The Morgan fingerprint density at radius 3 is 2.75 bits per heavy atom. The molecule has 9 nitrogen and oxygen atoms in total. The highest BCUT2D eigenvalue weighted by atomic mass is 35.5. The van der Waals surface area contributed by atoms with Gasteiger partial charge in [0, 0.05) is 56.1 Å². The molecule has 1 aliphatic heterocycles. The minimum absolute atomic E-state index is 0.131. The first-order valence-corrected chi connectivity index (χ1v) is 12.9. The maximum atomic E-state index is 12.8. The van der Waals surface area contributed by atoms with Crippen LogP contribution in [0.1, 0.15) is 13.0 Å². The van der Waals surface area contributed by atoms with E-state index >= 15 is 0 Å². The van der Waals surface area contributed by atoms with Crippen LogP contribution in [0.5, 0.6) is 0 Å². The Labute approximate surface area is 194 Å². The Morgan fingerprint density at radius 1 is 1.19 bits per heavy atom. The predicted octanol–water partition coefficient (Wildman–Crippen LogP) is 3.10. The van der Waals surface area contributed by atoms with Crippen molar-refractivity contribution in [1.82, 2.24) is 33.9 Å². The van der Waals surface area contributed by atoms with Crippen LogP contribution in [0.2, 0.25) is 4.34 Å². The lowest BCUT2D eigenvalue weighted by molar-refractivity contribution is 0.166. The third-order valence-corrected chi connectivity index (χ3v) is 9.27. The first-order chi connectivity index (χ1) is 15.4. The van der Waals surface area contributed by atoms with Crippen LogP contribution in [-0.4, -0.2) is 75.1 Å². The number of hydrogen-bond donors (Lipinski definition) is 1. The summed E-state index contributed by atoms with van der Waals surface area (Å²) in [6.07, 6.45) is 7.22. The number of nitrogens with one attached hydrogen (secondary N) is 1. The quantitative estimate of drug-likeness (QED) is 0.445. The van der Waals surface area contributed by atoms with Crippen LogP contribution in [0.3, 0.4) is 0 Å². The van der Waals surface area contributed by atoms with Gasteiger partial charge in [0.05, 0.1) is 22.3 Å². The van der Waals surface area contributed by atoms with E-state index in [1.165, 1.54) is 0 Å². The van der Waals surface area contributed by atoms with Crippen molar-refractivity contribution in [3.8, 4) is 11.3 Å². The predicted molar refractivity (Wildman–Crippen MR) is 124 cm³/mol. The van der Waals surface area contributed by atoms with Gasteiger partial charge in [-0.15, -0.1) is 11.3 Å². The van der Waals surface area contributed by atoms with Crippen molar-refractivity contribution in [2.75, 3.05) is 32.7 Å². The zero-order valence-corrected chi connectivity index (χ0v) is 19.7. The van der Waals surface area contributed by atoms with E-state index in [0.29, 0.717) is 34.7 Å². The van der Waals surface area contributed by atoms with Gasteiger partial charge in [-0.3, -0.25) is 9.58 Å². The summed E-state index contributed by atoms with van der Waals surface area (Å²) in [6, 6.07) is 5.29. The summed E-state index contributed by atoms with van der Waals surface area (Å²) in [5, 5.41) is 5.51. The number of hydrogen-bond acceptors (Lipinski definition) is 7. The largest absolute Gasteiger partial charge is 0.346 e. The second-order valence-corrected chi connectivity index (χ2v) is 11.7. The van der Waals surface area contributed by atoms with Crippen molar-refractivity contribution in [3.05, 3.63) is 47.5 Å². The van der Waals surface area contributed by atoms with E-state index in [1.807, 2.05) is 29.3 Å². The van der Waals surface area contributed by atoms with Crippen LogP contribution in [0.4, 0.5) is 0 Å². The van der Waals surface area contributed by atoms with Crippen molar-refractivity contribution in [1.29, 1.82) is 0 Å². The molecule has 0 amide bonds. The van der Waals surface area contributed by atoms with Crippen LogP contribution < -0.4 is 0 Å². The molecule has 1 aliphatic rings. The van der Waals surface area contributed by atoms with Crippen molar-refractivity contribution < 1.29 is 8.42 Å². The van der Waals surface area contributed by atoms with Gasteiger partial charge < -0.3 is 4.98 Å². The number of fused-ring (bicyclic) bond motifs is 1. The van der Waals surface area contributed by atoms with Gasteiger partial charge in [0.2, 0.25) is 0 Å². The number of sulfonamides is 1. The van der Waals surface area contributed by atoms with Gasteiger partial charge in [-0.25, -0.2) is 18.4 Å². The third kappa shape index (κ3) is 4.06. The molecule has 1 fully saturated rings. The summed E-state index contributed by atoms with van der Waals surface area (Å²) in [5.74, 6) is 0. The molecule has 0 aromatic carbocycles. The molecule has 0 radical (unpaired) electrons. The second-order valence-electron chi connectivity index (χ2n) is 7.78. The van der Waals surface area contributed by atoms with Crippen molar-refractivity contribution in [2.45, 2.75) is 17.2 Å². The lowest BCUT2D eigenvalue weighted by atomic mass is 10.2. The van der Waals surface area contributed by atoms with Crippen molar-refractivity contribution in [3.63, 3.8) is 0 Å². The Morgan fingerprint density at radius 2 is 2.00 bits per heavy atom. The minimum Gasteiger partial charge on any atom is -0.346 e. The summed E-state index contributed by atoms with van der Waals surface area (Å²) in [6.45, 7) is 5.16. The highest BCUT2D eigenvalue weighted by Crippen LogP contribution is 2.29. The van der Waals surface area contributed by atoms with Crippen LogP contribution in [0, 0.1) is 0 Å². The molecule has 32 heavy (non-hydrogen) atoms. The first-order valence-electron chi connectivity index (χ1n) is 10.2. The van der Waals surface area contributed by atoms with E-state index in [0.717, 1.165) is 40.2 Å². The molecule has 0 bridgehead atoms. The number of rotatable bonds is 6. The molecule has 1 unspecified atom stereocenters. The average Bonchev–Trinajstić information content (AvgIpc) is 3.54. The summed E-state index contributed by atoms with van der Waals surface area (Å²) in [5.41, 5.74) is 2.59. The topological polar surface area (TPSA) is 100 Å². The van der Waals surface area contributed by atoms with Gasteiger partial charge >= 0.3 is 0 Å². The maximum absolute atomic E-state index is 12.8. The minimum atomic E-state index is -3.48. The molecule has 4 aromatic heterocycles. The number of thiophene rings is 1. The number of nitrogens with zero attached hydrogens (tertiary/aromatic N) is 6. The molecule has 0 saturated carbocycles. The second kappa shape index (κ2) is 8.56. The highest BCUT2D eigenvalue weighted by molar-refractivity contribution is 7.91. The SMILES string of the molecule is CC(CN1CCN(S(=O)(=O)c2ccc(Cl)s2)CC1)n1cc(-c2ncnc3[nH]ccc23)cn1. The molecule has 0 aliphatic carbocycles. The Kier molecular flexibility index (Phi) is 5.76. The molecule has 4 aromatic rings. The fourth-order valence-electron chi connectivity index (χ4n) is 3.98. The highest BCUT2D eigenvalue weighted by Gasteiger charge is 2.30. The van der Waals surface area contributed by atoms with Crippen LogP contribution in [-0.2, 0) is 10.0 Å². The molecular weight excluding hydrogens is 470 g/mol. The molecule has 1 atom stereocenters. The van der Waals surface area contributed by atoms with Crippen LogP contribution in [0.15, 0.2) is 47.3 Å². The van der Waals surface area contributed by atoms with E-state index in [9.17, 15) is 8.42 Å². The molecule has 5 rings (SSSR count). The van der Waals surface area contributed by atoms with Crippen molar-refractivity contribution >= 4 is 44.0 Å². The molecule has 12 heteroatoms. The van der Waals surface area contributed by atoms with E-state index in [-0.39, 0.29) is 6.04 Å². The first kappa shape index (κ1) is 21.5. The summed E-state index contributed by atoms with van der Waals surface area (Å²) >= 11 is 7.02. The number of piperazine rings is 1. The third-order valence-electron chi connectivity index (χ3n) is 5.68. The van der Waals surface area contributed by atoms with E-state index < -0.39 is 10.0 Å². The van der Waals surface area contributed by atoms with Gasteiger partial charge in [-0.1, -0.05) is 11.6 Å². The average molecular weight is 492 g/mol. The summed E-state index contributed by atoms with van der Waals surface area (Å²) < 4.78 is 29.8. The summed E-state index contributed by atoms with van der Waals surface area (Å²) in [4.78, 5) is 14.0. The van der Waals surface area contributed by atoms with Gasteiger partial charge in [0.15, 0.2) is 0 Å². The zero-order valence-electron chi connectivity index (χ0n) is 17.3. The number of halogens is 1. The fourth-order valence-corrected chi connectivity index (χ4v) is 7.04. The lowest BCUT2D eigenvalue weighted by Gasteiger charge is -2.34. The number of aromatic nitrogens is 5. The molecular formula is C20H22ClN7O2S2. The van der Waals surface area contributed by atoms with Gasteiger partial charge in [-0.05, 0) is 25.1 Å². The maximum Gasteiger partial charge on any atom is 0.252 e. The normalized spacial score (nSPS) is 17.2. The number of H-pyrrole nitrogens is 1. The van der Waals surface area contributed by atoms with E-state index in [1.54, 1.807) is 22.8 Å². The fraction of sp³-hybridized carbons (Fsp3) is 0.350. The monoisotopic (exact) mass is 491 g/mol. The Hall–Kier alpha value is -2.31. The van der Waals surface area contributed by atoms with Crippen molar-refractivity contribution in [2.24, 2.45) is 0 Å². The molecule has 168 valence electrons. The molecule has 1 saturated heterocycles. The molecule has 1 N–H and O–H groups in total. The molecule has 5 heterocycles. The van der Waals surface area contributed by atoms with Crippen LogP contribution in [0.25, 0.3) is 22.3 Å². The van der Waals surface area contributed by atoms with Gasteiger partial charge in [-0.2, -0.15) is 9.40 Å². The smallest absolute Gasteiger partial charge is 0.252 e. The number of aromatic amines is 1. The van der Waals surface area contributed by atoms with Crippen LogP contribution >= 0.6 is 22.9 Å². The molecule has 0 spiro atoms. The summed E-state index contributed by atoms with van der Waals surface area (Å²) in [7, 11) is -3.48. The Bertz CT molecular complexity index is 1340. The van der Waals surface area contributed by atoms with Gasteiger partial charge in [0.1, 0.15) is 16.2 Å². The zero-order chi connectivity index (χ0) is 22.3. The standard InChI is InChI=1S/C20H22ClN7O2S2/c1-14(28-12-15(10-25-28)19-16-4-5-22-20(16)24-13-23-19)11-26-6-8-27(9-7-26)32(29,30)18-3-2-17(21)31-18/h2-5,10,12-14H,6-9,11H2,1H3,(H,22,23,24). The van der Waals surface area contributed by atoms with E-state index in [4.69, 9.17) is 11.6 Å². The van der Waals surface area contributed by atoms with Gasteiger partial charge in [0.25, 0.3) is 10.0 Å². The lowest BCUT2D eigenvalue weighted by Crippen LogP contribution is -2.49. The Balaban J connectivity index is 1.22.